The monoisotopic (exact) mass is 710 g/mol. The molecule has 9 heteroatoms. The Kier molecular flexibility index (Phi) is 10.9. The van der Waals surface area contributed by atoms with E-state index in [1.165, 1.54) is 24.0 Å². The molecule has 7 atom stereocenters. The molecule has 2 heterocycles. The predicted molar refractivity (Wildman–Crippen MR) is 200 cm³/mol. The Morgan fingerprint density at radius 3 is 2.54 bits per heavy atom. The van der Waals surface area contributed by atoms with Gasteiger partial charge in [-0.3, -0.25) is 10.2 Å². The van der Waals surface area contributed by atoms with Gasteiger partial charge in [0.05, 0.1) is 11.7 Å². The van der Waals surface area contributed by atoms with Crippen molar-refractivity contribution in [3.63, 3.8) is 0 Å². The lowest BCUT2D eigenvalue weighted by atomic mass is 9.49. The van der Waals surface area contributed by atoms with E-state index in [1.54, 1.807) is 31.4 Å². The van der Waals surface area contributed by atoms with Crippen LogP contribution in [0.15, 0.2) is 66.7 Å². The quantitative estimate of drug-likeness (QED) is 0.183. The molecular weight excluding hydrogens is 656 g/mol. The minimum atomic E-state index is -0.641. The van der Waals surface area contributed by atoms with Crippen molar-refractivity contribution in [2.24, 2.45) is 17.8 Å². The number of methoxy groups -OCH3 is 1. The minimum absolute atomic E-state index is 0.0276. The van der Waals surface area contributed by atoms with Gasteiger partial charge in [0.2, 0.25) is 0 Å². The first kappa shape index (κ1) is 36.4. The van der Waals surface area contributed by atoms with Gasteiger partial charge in [-0.15, -0.1) is 0 Å². The van der Waals surface area contributed by atoms with Crippen molar-refractivity contribution >= 4 is 17.7 Å². The lowest BCUT2D eigenvalue weighted by molar-refractivity contribution is -0.162. The zero-order valence-electron chi connectivity index (χ0n) is 31.0. The molecular formula is C43H54N2O7. The van der Waals surface area contributed by atoms with Crippen LogP contribution in [0, 0.1) is 17.8 Å². The number of unbranched alkanes of at least 4 members (excludes halogenated alkanes) is 1. The maximum Gasteiger partial charge on any atom is 0.417 e. The molecule has 52 heavy (non-hydrogen) atoms. The van der Waals surface area contributed by atoms with Gasteiger partial charge in [0.25, 0.3) is 0 Å². The van der Waals surface area contributed by atoms with E-state index in [9.17, 15) is 14.7 Å². The van der Waals surface area contributed by atoms with Crippen LogP contribution in [0.3, 0.4) is 0 Å². The number of likely N-dealkylation sites (tertiary alicyclic amines) is 1. The van der Waals surface area contributed by atoms with Crippen LogP contribution in [-0.2, 0) is 27.9 Å². The zero-order chi connectivity index (χ0) is 36.4. The zero-order valence-corrected chi connectivity index (χ0v) is 31.0. The lowest BCUT2D eigenvalue weighted by Gasteiger charge is -2.61. The second kappa shape index (κ2) is 15.6. The second-order valence-corrected chi connectivity index (χ2v) is 15.0. The topological polar surface area (TPSA) is 107 Å². The third-order valence-corrected chi connectivity index (χ3v) is 12.1. The van der Waals surface area contributed by atoms with E-state index in [0.29, 0.717) is 34.7 Å². The number of ether oxygens (including phenoxy) is 4. The van der Waals surface area contributed by atoms with Crippen LogP contribution in [0.25, 0.3) is 0 Å². The summed E-state index contributed by atoms with van der Waals surface area (Å²) in [7, 11) is 1.75. The van der Waals surface area contributed by atoms with Crippen molar-refractivity contribution in [2.75, 3.05) is 25.5 Å². The number of benzene rings is 3. The average Bonchev–Trinajstić information content (AvgIpc) is 3.93. The van der Waals surface area contributed by atoms with Crippen LogP contribution < -0.4 is 14.8 Å². The molecule has 2 bridgehead atoms. The van der Waals surface area contributed by atoms with E-state index in [4.69, 9.17) is 18.9 Å². The smallest absolute Gasteiger partial charge is 0.417 e. The average molecular weight is 711 g/mol. The molecule has 2 N–H and O–H groups in total. The molecule has 8 rings (SSSR count). The van der Waals surface area contributed by atoms with E-state index < -0.39 is 18.2 Å². The predicted octanol–water partition coefficient (Wildman–Crippen LogP) is 7.92. The highest BCUT2D eigenvalue weighted by Gasteiger charge is 2.68. The fourth-order valence-corrected chi connectivity index (χ4v) is 9.57. The highest BCUT2D eigenvalue weighted by molar-refractivity contribution is 5.91. The van der Waals surface area contributed by atoms with Gasteiger partial charge in [0.1, 0.15) is 18.8 Å². The van der Waals surface area contributed by atoms with Crippen LogP contribution in [0.4, 0.5) is 10.5 Å². The highest BCUT2D eigenvalue weighted by atomic mass is 16.6. The van der Waals surface area contributed by atoms with Gasteiger partial charge in [0.15, 0.2) is 11.5 Å². The van der Waals surface area contributed by atoms with Crippen LogP contribution in [0.1, 0.15) is 92.8 Å². The number of aliphatic hydroxyl groups excluding tert-OH is 1. The van der Waals surface area contributed by atoms with E-state index in [2.05, 4.69) is 23.2 Å². The first-order valence-corrected chi connectivity index (χ1v) is 19.5. The summed E-state index contributed by atoms with van der Waals surface area (Å²) >= 11 is 0. The SMILES string of the molecule is CC.CCCC[C@@H](O)[C@@H]1CC2[C@@H]3Cc4ccc(OC(=O)Nc5ccc(C(=O)OCc6ccccc6)cc5)c5c4[C@]2(CCN3CC2CC2)[C@H](O5)[C@@H]1OC. The third-order valence-electron chi connectivity index (χ3n) is 12.1. The molecule has 1 spiro atoms. The van der Waals surface area contributed by atoms with Gasteiger partial charge < -0.3 is 24.1 Å². The molecule has 3 aromatic rings. The van der Waals surface area contributed by atoms with Gasteiger partial charge in [-0.2, -0.15) is 0 Å². The number of piperidine rings is 1. The van der Waals surface area contributed by atoms with Crippen molar-refractivity contribution in [3.8, 4) is 11.5 Å². The van der Waals surface area contributed by atoms with Crippen molar-refractivity contribution in [1.82, 2.24) is 4.90 Å². The molecule has 3 aliphatic carbocycles. The normalized spacial score (nSPS) is 27.3. The number of carbonyl (C=O) groups excluding carboxylic acids is 2. The number of anilines is 1. The molecule has 9 nitrogen and oxygen atoms in total. The molecule has 1 saturated heterocycles. The molecule has 3 aromatic carbocycles. The fourth-order valence-electron chi connectivity index (χ4n) is 9.57. The van der Waals surface area contributed by atoms with E-state index in [-0.39, 0.29) is 30.1 Å². The highest BCUT2D eigenvalue weighted by Crippen LogP contribution is 2.65. The summed E-state index contributed by atoms with van der Waals surface area (Å²) in [4.78, 5) is 28.6. The minimum Gasteiger partial charge on any atom is -0.483 e. The summed E-state index contributed by atoms with van der Waals surface area (Å²) in [6.07, 6.45) is 6.56. The molecule has 5 aliphatic rings. The maximum absolute atomic E-state index is 13.3. The van der Waals surface area contributed by atoms with Gasteiger partial charge in [-0.25, -0.2) is 9.59 Å². The number of hydrogen-bond donors (Lipinski definition) is 2. The molecule has 0 radical (unpaired) electrons. The Balaban J connectivity index is 0.00000207. The molecule has 2 saturated carbocycles. The van der Waals surface area contributed by atoms with Crippen molar-refractivity contribution in [1.29, 1.82) is 0 Å². The Labute approximate surface area is 308 Å². The largest absolute Gasteiger partial charge is 0.483 e. The summed E-state index contributed by atoms with van der Waals surface area (Å²) in [6.45, 7) is 8.51. The summed E-state index contributed by atoms with van der Waals surface area (Å²) < 4.78 is 24.7. The third kappa shape index (κ3) is 6.83. The maximum atomic E-state index is 13.3. The van der Waals surface area contributed by atoms with E-state index in [0.717, 1.165) is 63.1 Å². The fraction of sp³-hybridized carbons (Fsp3) is 0.535. The van der Waals surface area contributed by atoms with E-state index in [1.807, 2.05) is 50.2 Å². The van der Waals surface area contributed by atoms with Crippen LogP contribution in [0.2, 0.25) is 0 Å². The van der Waals surface area contributed by atoms with Gasteiger partial charge in [-0.1, -0.05) is 70.0 Å². The molecule has 278 valence electrons. The lowest BCUT2D eigenvalue weighted by Crippen LogP contribution is -2.69. The second-order valence-electron chi connectivity index (χ2n) is 15.0. The number of nitrogens with one attached hydrogen (secondary N) is 1. The van der Waals surface area contributed by atoms with Gasteiger partial charge in [0, 0.05) is 42.3 Å². The van der Waals surface area contributed by atoms with E-state index >= 15 is 0 Å². The van der Waals surface area contributed by atoms with Crippen molar-refractivity contribution < 1.29 is 33.6 Å². The molecule has 1 amide bonds. The summed E-state index contributed by atoms with van der Waals surface area (Å²) in [6, 6.07) is 20.5. The Morgan fingerprint density at radius 2 is 1.83 bits per heavy atom. The number of hydrogen-bond acceptors (Lipinski definition) is 8. The van der Waals surface area contributed by atoms with Gasteiger partial charge >= 0.3 is 12.1 Å². The number of aliphatic hydroxyl groups is 1. The van der Waals surface area contributed by atoms with Crippen molar-refractivity contribution in [3.05, 3.63) is 89.0 Å². The van der Waals surface area contributed by atoms with Crippen LogP contribution >= 0.6 is 0 Å². The van der Waals surface area contributed by atoms with Crippen molar-refractivity contribution in [2.45, 2.75) is 109 Å². The standard InChI is InChI=1S/C41H48N2O7.C2H6/c1-3-4-10-33(44)30-22-31-32-21-28-15-18-34(37-35(28)41(31,38(50-37)36(30)47-2)19-20-43(32)23-25-11-12-25)49-40(46)42-29-16-13-27(14-17-29)39(45)48-24-26-8-6-5-7-9-26;1-2/h5-9,13-18,25,30-33,36,38,44H,3-4,10-12,19-24H2,1-2H3,(H,42,46);1-2H3/t30-,31?,32-,33+,36+,38+,41+;/m0./s1. The molecule has 3 fully saturated rings. The molecule has 0 aromatic heterocycles. The Hall–Kier alpha value is -3.92. The molecule has 2 aliphatic heterocycles. The number of carbonyl (C=O) groups is 2. The molecule has 1 unspecified atom stereocenters. The number of esters is 1. The number of nitrogens with zero attached hydrogens (tertiary/aromatic N) is 1. The summed E-state index contributed by atoms with van der Waals surface area (Å²) in [5.41, 5.74) is 3.99. The van der Waals surface area contributed by atoms with Crippen LogP contribution in [0.5, 0.6) is 11.5 Å². The summed E-state index contributed by atoms with van der Waals surface area (Å²) in [5.74, 6) is 1.69. The number of rotatable bonds is 12. The Bertz CT molecular complexity index is 1710. The van der Waals surface area contributed by atoms with Crippen LogP contribution in [-0.4, -0.2) is 66.6 Å². The van der Waals surface area contributed by atoms with Gasteiger partial charge in [-0.05, 0) is 98.4 Å². The first-order valence-electron chi connectivity index (χ1n) is 19.5. The first-order chi connectivity index (χ1) is 25.4. The summed E-state index contributed by atoms with van der Waals surface area (Å²) in [5, 5.41) is 14.3. The number of amides is 1. The Morgan fingerprint density at radius 1 is 1.06 bits per heavy atom.